The Kier molecular flexibility index (Phi) is 4.72. The fraction of sp³-hybridized carbons (Fsp3) is 0.158. The molecule has 0 bridgehead atoms. The number of carbonyl (C=O) groups is 1. The first-order chi connectivity index (χ1) is 12.0. The standard InChI is InChI=1S/C19H14BrFNO3/c1-11-14(7-8-23)15-9-18(25-2)16(21)10-17(15)22(11)19(24)12-3-5-13(20)6-4-12/h3-6,9-10H,7H2,1-2H3. The molecule has 0 N–H and O–H groups in total. The van der Waals surface area contributed by atoms with Crippen molar-refractivity contribution in [2.45, 2.75) is 13.3 Å². The Bertz CT molecular complexity index is 977. The Balaban J connectivity index is 2.28. The number of methoxy groups -OCH3 is 1. The summed E-state index contributed by atoms with van der Waals surface area (Å²) in [6.07, 6.45) is 1.86. The molecule has 0 aliphatic heterocycles. The topological polar surface area (TPSA) is 48.3 Å². The molecule has 0 spiro atoms. The zero-order valence-corrected chi connectivity index (χ0v) is 15.2. The summed E-state index contributed by atoms with van der Waals surface area (Å²) in [5.41, 5.74) is 2.07. The molecule has 1 heterocycles. The molecule has 2 aromatic carbocycles. The van der Waals surface area contributed by atoms with Gasteiger partial charge in [0.2, 0.25) is 6.29 Å². The highest BCUT2D eigenvalue weighted by Crippen LogP contribution is 2.32. The van der Waals surface area contributed by atoms with Gasteiger partial charge in [-0.1, -0.05) is 15.9 Å². The number of rotatable bonds is 4. The van der Waals surface area contributed by atoms with Crippen LogP contribution < -0.4 is 4.74 Å². The third-order valence-electron chi connectivity index (χ3n) is 4.15. The lowest BCUT2D eigenvalue weighted by atomic mass is 10.1. The van der Waals surface area contributed by atoms with E-state index in [4.69, 9.17) is 4.74 Å². The Morgan fingerprint density at radius 2 is 1.96 bits per heavy atom. The van der Waals surface area contributed by atoms with Crippen LogP contribution in [0.1, 0.15) is 21.6 Å². The first kappa shape index (κ1) is 17.4. The minimum Gasteiger partial charge on any atom is -0.494 e. The van der Waals surface area contributed by atoms with E-state index in [1.54, 1.807) is 31.2 Å². The normalized spacial score (nSPS) is 10.9. The van der Waals surface area contributed by atoms with Crippen LogP contribution in [0.25, 0.3) is 10.9 Å². The number of benzene rings is 2. The van der Waals surface area contributed by atoms with Crippen molar-refractivity contribution in [3.63, 3.8) is 0 Å². The smallest absolute Gasteiger partial charge is 0.262 e. The maximum Gasteiger partial charge on any atom is 0.262 e. The second kappa shape index (κ2) is 6.80. The van der Waals surface area contributed by atoms with Gasteiger partial charge >= 0.3 is 0 Å². The maximum absolute atomic E-state index is 14.2. The predicted molar refractivity (Wildman–Crippen MR) is 96.5 cm³/mol. The lowest BCUT2D eigenvalue weighted by Crippen LogP contribution is -2.13. The average Bonchev–Trinajstić information content (AvgIpc) is 2.86. The van der Waals surface area contributed by atoms with Crippen LogP contribution in [-0.2, 0) is 11.2 Å². The molecular weight excluding hydrogens is 389 g/mol. The monoisotopic (exact) mass is 402 g/mol. The Labute approximate surface area is 152 Å². The van der Waals surface area contributed by atoms with Crippen molar-refractivity contribution in [3.8, 4) is 5.75 Å². The summed E-state index contributed by atoms with van der Waals surface area (Å²) in [5.74, 6) is -0.802. The molecular formula is C19H14BrFNO3. The highest BCUT2D eigenvalue weighted by atomic mass is 79.9. The highest BCUT2D eigenvalue weighted by Gasteiger charge is 2.22. The highest BCUT2D eigenvalue weighted by molar-refractivity contribution is 9.10. The van der Waals surface area contributed by atoms with E-state index in [2.05, 4.69) is 15.9 Å². The molecule has 1 radical (unpaired) electrons. The maximum atomic E-state index is 14.2. The third-order valence-corrected chi connectivity index (χ3v) is 4.68. The SMILES string of the molecule is COc1cc2c(C[C]=O)c(C)n(C(=O)c3ccc(Br)cc3)c2cc1F. The van der Waals surface area contributed by atoms with Crippen LogP contribution in [0.3, 0.4) is 0 Å². The lowest BCUT2D eigenvalue weighted by Gasteiger charge is -2.08. The van der Waals surface area contributed by atoms with Crippen LogP contribution in [-0.4, -0.2) is 23.9 Å². The van der Waals surface area contributed by atoms with Crippen molar-refractivity contribution in [3.05, 3.63) is 63.5 Å². The van der Waals surface area contributed by atoms with Gasteiger partial charge in [0.25, 0.3) is 5.91 Å². The molecule has 3 aromatic rings. The second-order valence-electron chi connectivity index (χ2n) is 5.54. The molecule has 0 aliphatic carbocycles. The van der Waals surface area contributed by atoms with Gasteiger partial charge in [0.15, 0.2) is 11.6 Å². The summed E-state index contributed by atoms with van der Waals surface area (Å²) in [6, 6.07) is 9.66. The molecule has 0 amide bonds. The van der Waals surface area contributed by atoms with E-state index in [9.17, 15) is 14.0 Å². The minimum absolute atomic E-state index is 0.0116. The Morgan fingerprint density at radius 3 is 2.56 bits per heavy atom. The van der Waals surface area contributed by atoms with Crippen LogP contribution >= 0.6 is 15.9 Å². The quantitative estimate of drug-likeness (QED) is 0.656. The summed E-state index contributed by atoms with van der Waals surface area (Å²) < 4.78 is 21.5. The number of ether oxygens (including phenoxy) is 1. The largest absolute Gasteiger partial charge is 0.494 e. The van der Waals surface area contributed by atoms with E-state index in [0.717, 1.165) is 4.47 Å². The number of aromatic nitrogens is 1. The Morgan fingerprint density at radius 1 is 1.28 bits per heavy atom. The molecule has 0 fully saturated rings. The summed E-state index contributed by atoms with van der Waals surface area (Å²) in [7, 11) is 1.37. The van der Waals surface area contributed by atoms with Crippen LogP contribution in [0.15, 0.2) is 40.9 Å². The summed E-state index contributed by atoms with van der Waals surface area (Å²) in [5, 5.41) is 0.601. The number of fused-ring (bicyclic) bond motifs is 1. The third kappa shape index (κ3) is 2.98. The van der Waals surface area contributed by atoms with E-state index >= 15 is 0 Å². The molecule has 4 nitrogen and oxygen atoms in total. The first-order valence-electron chi connectivity index (χ1n) is 7.50. The van der Waals surface area contributed by atoms with Gasteiger partial charge in [-0.15, -0.1) is 0 Å². The van der Waals surface area contributed by atoms with Gasteiger partial charge in [0, 0.05) is 33.6 Å². The van der Waals surface area contributed by atoms with E-state index < -0.39 is 5.82 Å². The Hall–Kier alpha value is -2.47. The molecule has 0 aliphatic rings. The molecule has 0 saturated heterocycles. The van der Waals surface area contributed by atoms with E-state index in [-0.39, 0.29) is 18.1 Å². The van der Waals surface area contributed by atoms with Crippen LogP contribution in [0, 0.1) is 12.7 Å². The van der Waals surface area contributed by atoms with Crippen molar-refractivity contribution in [2.24, 2.45) is 0 Å². The van der Waals surface area contributed by atoms with Crippen molar-refractivity contribution < 1.29 is 18.7 Å². The number of carbonyl (C=O) groups excluding carboxylic acids is 2. The van der Waals surface area contributed by atoms with Crippen LogP contribution in [0.4, 0.5) is 4.39 Å². The molecule has 0 unspecified atom stereocenters. The van der Waals surface area contributed by atoms with Gasteiger partial charge in [-0.3, -0.25) is 14.2 Å². The van der Waals surface area contributed by atoms with E-state index in [1.807, 2.05) is 6.29 Å². The molecule has 0 saturated carbocycles. The zero-order chi connectivity index (χ0) is 18.1. The first-order valence-corrected chi connectivity index (χ1v) is 8.30. The summed E-state index contributed by atoms with van der Waals surface area (Å²) in [4.78, 5) is 23.9. The fourth-order valence-corrected chi connectivity index (χ4v) is 3.18. The molecule has 127 valence electrons. The average molecular weight is 403 g/mol. The van der Waals surface area contributed by atoms with Gasteiger partial charge in [-0.25, -0.2) is 4.39 Å². The van der Waals surface area contributed by atoms with E-state index in [0.29, 0.717) is 27.7 Å². The predicted octanol–water partition coefficient (Wildman–Crippen LogP) is 4.20. The van der Waals surface area contributed by atoms with Gasteiger partial charge in [-0.05, 0) is 42.8 Å². The molecule has 0 atom stereocenters. The van der Waals surface area contributed by atoms with Gasteiger partial charge < -0.3 is 4.74 Å². The van der Waals surface area contributed by atoms with Crippen LogP contribution in [0.5, 0.6) is 5.75 Å². The number of hydrogen-bond donors (Lipinski definition) is 0. The molecule has 1 aromatic heterocycles. The molecule has 6 heteroatoms. The lowest BCUT2D eigenvalue weighted by molar-refractivity contribution is 0.0963. The van der Waals surface area contributed by atoms with E-state index in [1.165, 1.54) is 23.8 Å². The molecule has 3 rings (SSSR count). The van der Waals surface area contributed by atoms with Gasteiger partial charge in [-0.2, -0.15) is 0 Å². The van der Waals surface area contributed by atoms with Gasteiger partial charge in [0.05, 0.1) is 12.6 Å². The summed E-state index contributed by atoms with van der Waals surface area (Å²) in [6.45, 7) is 1.73. The second-order valence-corrected chi connectivity index (χ2v) is 6.45. The molecule has 25 heavy (non-hydrogen) atoms. The van der Waals surface area contributed by atoms with Crippen LogP contribution in [0.2, 0.25) is 0 Å². The number of halogens is 2. The van der Waals surface area contributed by atoms with Crippen molar-refractivity contribution in [1.82, 2.24) is 4.57 Å². The van der Waals surface area contributed by atoms with Crippen molar-refractivity contribution >= 4 is 39.0 Å². The van der Waals surface area contributed by atoms with Crippen molar-refractivity contribution in [2.75, 3.05) is 7.11 Å². The fourth-order valence-electron chi connectivity index (χ4n) is 2.92. The summed E-state index contributed by atoms with van der Waals surface area (Å²) >= 11 is 3.33. The minimum atomic E-state index is -0.570. The van der Waals surface area contributed by atoms with Crippen molar-refractivity contribution in [1.29, 1.82) is 0 Å². The number of hydrogen-bond acceptors (Lipinski definition) is 3. The van der Waals surface area contributed by atoms with Gasteiger partial charge in [0.1, 0.15) is 0 Å². The number of nitrogens with zero attached hydrogens (tertiary/aromatic N) is 1. The zero-order valence-electron chi connectivity index (χ0n) is 13.6.